The molecule has 11 heavy (non-hydrogen) atoms. The van der Waals surface area contributed by atoms with E-state index in [9.17, 15) is 0 Å². The first-order valence-corrected chi connectivity index (χ1v) is 3.99. The van der Waals surface area contributed by atoms with Crippen LogP contribution in [0.3, 0.4) is 0 Å². The maximum Gasteiger partial charge on any atom is 0.171 e. The van der Waals surface area contributed by atoms with Crippen molar-refractivity contribution >= 4 is 11.3 Å². The van der Waals surface area contributed by atoms with Gasteiger partial charge in [0.05, 0.1) is 6.61 Å². The minimum atomic E-state index is -0.0536. The van der Waals surface area contributed by atoms with Crippen molar-refractivity contribution in [2.45, 2.75) is 6.10 Å². The Morgan fingerprint density at radius 2 is 2.18 bits per heavy atom. The van der Waals surface area contributed by atoms with Gasteiger partial charge in [-0.25, -0.2) is 0 Å². The third-order valence-corrected chi connectivity index (χ3v) is 2.01. The van der Waals surface area contributed by atoms with Crippen molar-refractivity contribution < 1.29 is 42.2 Å². The normalized spacial score (nSPS) is 20.6. The van der Waals surface area contributed by atoms with Crippen LogP contribution in [-0.4, -0.2) is 12.7 Å². The van der Waals surface area contributed by atoms with Crippen LogP contribution < -0.4 is 9.47 Å². The first kappa shape index (κ1) is 9.49. The molecule has 0 saturated heterocycles. The molecule has 1 atom stereocenters. The number of rotatable bonds is 0. The van der Waals surface area contributed by atoms with E-state index in [2.05, 4.69) is 6.92 Å². The predicted octanol–water partition coefficient (Wildman–Crippen LogP) is 1.72. The van der Waals surface area contributed by atoms with Gasteiger partial charge in [-0.1, -0.05) is 0 Å². The summed E-state index contributed by atoms with van der Waals surface area (Å²) in [6.07, 6.45) is -0.0536. The zero-order valence-corrected chi connectivity index (χ0v) is 9.60. The van der Waals surface area contributed by atoms with E-state index in [0.717, 1.165) is 11.5 Å². The molecule has 2 heterocycles. The molecule has 4 heteroatoms. The fraction of sp³-hybridized carbons (Fsp3) is 0.286. The van der Waals surface area contributed by atoms with Gasteiger partial charge >= 0.3 is 0 Å². The Morgan fingerprint density at radius 1 is 1.45 bits per heavy atom. The van der Waals surface area contributed by atoms with Crippen LogP contribution in [0.2, 0.25) is 0 Å². The summed E-state index contributed by atoms with van der Waals surface area (Å²) in [6.45, 7) is 4.29. The van der Waals surface area contributed by atoms with Crippen molar-refractivity contribution in [1.82, 2.24) is 0 Å². The van der Waals surface area contributed by atoms with E-state index in [-0.39, 0.29) is 38.8 Å². The minimum Gasteiger partial charge on any atom is -0.515 e. The zero-order chi connectivity index (χ0) is 6.97. The molecular formula is C7H7O2SY-. The Bertz CT molecular complexity index is 236. The van der Waals surface area contributed by atoms with Gasteiger partial charge in [-0.3, -0.25) is 6.92 Å². The first-order valence-electron chi connectivity index (χ1n) is 3.05. The van der Waals surface area contributed by atoms with Crippen molar-refractivity contribution in [2.24, 2.45) is 0 Å². The molecule has 1 unspecified atom stereocenters. The van der Waals surface area contributed by atoms with Gasteiger partial charge in [0.15, 0.2) is 11.5 Å². The number of thiophene rings is 1. The Morgan fingerprint density at radius 3 is 3.00 bits per heavy atom. The molecule has 1 radical (unpaired) electrons. The van der Waals surface area contributed by atoms with Gasteiger partial charge in [-0.05, 0) is 0 Å². The molecule has 0 saturated carbocycles. The van der Waals surface area contributed by atoms with Crippen molar-refractivity contribution in [1.29, 1.82) is 0 Å². The first-order chi connectivity index (χ1) is 4.86. The average molecular weight is 244 g/mol. The number of fused-ring (bicyclic) bond motifs is 1. The van der Waals surface area contributed by atoms with Crippen LogP contribution >= 0.6 is 11.3 Å². The molecule has 0 bridgehead atoms. The van der Waals surface area contributed by atoms with Crippen LogP contribution in [-0.2, 0) is 32.7 Å². The second kappa shape index (κ2) is 3.88. The van der Waals surface area contributed by atoms with Gasteiger partial charge in [-0.2, -0.15) is 0 Å². The quantitative estimate of drug-likeness (QED) is 0.647. The summed E-state index contributed by atoms with van der Waals surface area (Å²) >= 11 is 1.58. The molecule has 1 aromatic heterocycles. The van der Waals surface area contributed by atoms with Gasteiger partial charge in [0, 0.05) is 49.6 Å². The molecule has 0 aromatic carbocycles. The third-order valence-electron chi connectivity index (χ3n) is 1.31. The molecule has 0 aliphatic carbocycles. The average Bonchev–Trinajstić information content (AvgIpc) is 2.33. The molecule has 1 aliphatic heterocycles. The van der Waals surface area contributed by atoms with Gasteiger partial charge in [0.25, 0.3) is 0 Å². The molecule has 57 valence electrons. The smallest absolute Gasteiger partial charge is 0.171 e. The molecule has 2 nitrogen and oxygen atoms in total. The summed E-state index contributed by atoms with van der Waals surface area (Å²) in [5, 5.41) is 3.86. The van der Waals surface area contributed by atoms with Crippen molar-refractivity contribution in [2.75, 3.05) is 6.61 Å². The fourth-order valence-electron chi connectivity index (χ4n) is 0.861. The maximum atomic E-state index is 5.35. The van der Waals surface area contributed by atoms with Gasteiger partial charge in [0.1, 0.15) is 0 Å². The van der Waals surface area contributed by atoms with Crippen molar-refractivity contribution in [3.63, 3.8) is 0 Å². The van der Waals surface area contributed by atoms with E-state index < -0.39 is 0 Å². The van der Waals surface area contributed by atoms with E-state index in [4.69, 9.17) is 9.47 Å². The van der Waals surface area contributed by atoms with Crippen molar-refractivity contribution in [3.05, 3.63) is 17.7 Å². The van der Waals surface area contributed by atoms with Crippen LogP contribution in [0, 0.1) is 6.92 Å². The fourth-order valence-corrected chi connectivity index (χ4v) is 1.53. The Labute approximate surface area is 94.8 Å². The third kappa shape index (κ3) is 1.95. The summed E-state index contributed by atoms with van der Waals surface area (Å²) in [5.74, 6) is 1.68. The molecule has 0 spiro atoms. The largest absolute Gasteiger partial charge is 0.515 e. The molecule has 0 N–H and O–H groups in total. The van der Waals surface area contributed by atoms with Crippen LogP contribution in [0.5, 0.6) is 11.5 Å². The van der Waals surface area contributed by atoms with Gasteiger partial charge in [-0.15, -0.1) is 11.3 Å². The number of hydrogen-bond acceptors (Lipinski definition) is 3. The summed E-state index contributed by atoms with van der Waals surface area (Å²) in [5.41, 5.74) is 0. The van der Waals surface area contributed by atoms with E-state index in [1.54, 1.807) is 11.3 Å². The van der Waals surface area contributed by atoms with Crippen LogP contribution in [0.4, 0.5) is 0 Å². The Kier molecular flexibility index (Phi) is 3.35. The summed E-state index contributed by atoms with van der Waals surface area (Å²) < 4.78 is 10.6. The monoisotopic (exact) mass is 244 g/mol. The van der Waals surface area contributed by atoms with Gasteiger partial charge < -0.3 is 9.47 Å². The maximum absolute atomic E-state index is 5.35. The summed E-state index contributed by atoms with van der Waals surface area (Å²) in [7, 11) is 0. The Hall–Kier alpha value is 0.404. The summed E-state index contributed by atoms with van der Waals surface area (Å²) in [4.78, 5) is 0. The second-order valence-electron chi connectivity index (χ2n) is 2.15. The standard InChI is InChI=1S/C7H7O2S.Y/c1-5-2-8-6-3-10-4-7(6)9-5;/h3-5H,1-2H2;/q-1;. The predicted molar refractivity (Wildman–Crippen MR) is 39.6 cm³/mol. The topological polar surface area (TPSA) is 18.5 Å². The van der Waals surface area contributed by atoms with E-state index >= 15 is 0 Å². The molecule has 1 aromatic rings. The number of ether oxygens (including phenoxy) is 2. The Balaban J connectivity index is 0.000000605. The van der Waals surface area contributed by atoms with Crippen LogP contribution in [0.15, 0.2) is 10.8 Å². The van der Waals surface area contributed by atoms with Crippen LogP contribution in [0.25, 0.3) is 0 Å². The molecule has 2 rings (SSSR count). The minimum absolute atomic E-state index is 0. The van der Waals surface area contributed by atoms with E-state index in [1.165, 1.54) is 0 Å². The molecular weight excluding hydrogens is 237 g/mol. The molecule has 0 amide bonds. The molecule has 0 fully saturated rings. The zero-order valence-electron chi connectivity index (χ0n) is 5.95. The van der Waals surface area contributed by atoms with Gasteiger partial charge in [0.2, 0.25) is 0 Å². The van der Waals surface area contributed by atoms with Crippen LogP contribution in [0.1, 0.15) is 0 Å². The molecule has 1 aliphatic rings. The SMILES string of the molecule is [CH2-]C1COc2cscc2O1.[Y]. The van der Waals surface area contributed by atoms with E-state index in [0.29, 0.717) is 6.61 Å². The van der Waals surface area contributed by atoms with Crippen molar-refractivity contribution in [3.8, 4) is 11.5 Å². The number of hydrogen-bond donors (Lipinski definition) is 0. The summed E-state index contributed by atoms with van der Waals surface area (Å²) in [6, 6.07) is 0. The second-order valence-corrected chi connectivity index (χ2v) is 2.89. The van der Waals surface area contributed by atoms with E-state index in [1.807, 2.05) is 10.8 Å².